The van der Waals surface area contributed by atoms with Crippen molar-refractivity contribution in [3.05, 3.63) is 66.1 Å². The Bertz CT molecular complexity index is 834. The molecule has 7 heteroatoms. The maximum absolute atomic E-state index is 13.7. The number of rotatable bonds is 4. The van der Waals surface area contributed by atoms with Crippen LogP contribution in [0.4, 0.5) is 14.5 Å². The molecule has 116 valence electrons. The number of carbonyl (C=O) groups is 1. The third kappa shape index (κ3) is 3.57. The number of anilines is 1. The zero-order valence-corrected chi connectivity index (χ0v) is 11.8. The van der Waals surface area contributed by atoms with Gasteiger partial charge in [0, 0.05) is 18.3 Å². The number of hydrogen-bond donors (Lipinski definition) is 1. The highest BCUT2D eigenvalue weighted by molar-refractivity contribution is 5.91. The molecular weight excluding hydrogens is 304 g/mol. The zero-order valence-electron chi connectivity index (χ0n) is 11.8. The number of benzene rings is 1. The SMILES string of the molecule is O=C(Cc1cc(-c2ccc(F)cc2F)on1)Nc1cccnc1. The molecule has 2 aromatic heterocycles. The van der Waals surface area contributed by atoms with Crippen molar-refractivity contribution in [2.75, 3.05) is 5.32 Å². The standard InChI is InChI=1S/C16H11F2N3O2/c17-10-3-4-13(14(18)6-10)15-7-12(21-23-15)8-16(22)20-11-2-1-5-19-9-11/h1-7,9H,8H2,(H,20,22). The van der Waals surface area contributed by atoms with Gasteiger partial charge in [0.15, 0.2) is 5.76 Å². The Kier molecular flexibility index (Phi) is 4.09. The summed E-state index contributed by atoms with van der Waals surface area (Å²) in [6.07, 6.45) is 3.07. The quantitative estimate of drug-likeness (QED) is 0.803. The van der Waals surface area contributed by atoms with Crippen LogP contribution in [-0.2, 0) is 11.2 Å². The largest absolute Gasteiger partial charge is 0.356 e. The number of pyridine rings is 1. The number of nitrogens with zero attached hydrogens (tertiary/aromatic N) is 2. The Morgan fingerprint density at radius 3 is 2.83 bits per heavy atom. The third-order valence-electron chi connectivity index (χ3n) is 3.04. The van der Waals surface area contributed by atoms with Crippen LogP contribution in [0.1, 0.15) is 5.69 Å². The minimum atomic E-state index is -0.757. The van der Waals surface area contributed by atoms with Crippen LogP contribution in [0.15, 0.2) is 53.3 Å². The van der Waals surface area contributed by atoms with Gasteiger partial charge in [-0.05, 0) is 24.3 Å². The summed E-state index contributed by atoms with van der Waals surface area (Å²) in [5.41, 5.74) is 0.980. The van der Waals surface area contributed by atoms with Crippen LogP contribution in [0.25, 0.3) is 11.3 Å². The molecule has 0 aliphatic heterocycles. The summed E-state index contributed by atoms with van der Waals surface area (Å²) in [5.74, 6) is -1.61. The Balaban J connectivity index is 1.71. The van der Waals surface area contributed by atoms with Crippen LogP contribution < -0.4 is 5.32 Å². The molecule has 23 heavy (non-hydrogen) atoms. The van der Waals surface area contributed by atoms with Crippen LogP contribution in [0.2, 0.25) is 0 Å². The smallest absolute Gasteiger partial charge is 0.230 e. The lowest BCUT2D eigenvalue weighted by Crippen LogP contribution is -2.14. The summed E-state index contributed by atoms with van der Waals surface area (Å²) in [6, 6.07) is 7.97. The molecule has 0 fully saturated rings. The van der Waals surface area contributed by atoms with E-state index in [9.17, 15) is 13.6 Å². The maximum atomic E-state index is 13.7. The van der Waals surface area contributed by atoms with Crippen LogP contribution >= 0.6 is 0 Å². The fourth-order valence-corrected chi connectivity index (χ4v) is 2.02. The molecule has 2 heterocycles. The third-order valence-corrected chi connectivity index (χ3v) is 3.04. The topological polar surface area (TPSA) is 68.0 Å². The molecular formula is C16H11F2N3O2. The average Bonchev–Trinajstić information content (AvgIpc) is 2.96. The minimum absolute atomic E-state index is 0.0405. The van der Waals surface area contributed by atoms with Gasteiger partial charge in [-0.25, -0.2) is 8.78 Å². The second-order valence-corrected chi connectivity index (χ2v) is 4.77. The second kappa shape index (κ2) is 6.35. The van der Waals surface area contributed by atoms with E-state index in [4.69, 9.17) is 4.52 Å². The van der Waals surface area contributed by atoms with Crippen molar-refractivity contribution >= 4 is 11.6 Å². The molecule has 0 saturated carbocycles. The van der Waals surface area contributed by atoms with Gasteiger partial charge < -0.3 is 9.84 Å². The van der Waals surface area contributed by atoms with Gasteiger partial charge in [-0.1, -0.05) is 5.16 Å². The predicted molar refractivity (Wildman–Crippen MR) is 78.4 cm³/mol. The van der Waals surface area contributed by atoms with E-state index in [0.29, 0.717) is 11.4 Å². The Morgan fingerprint density at radius 1 is 1.22 bits per heavy atom. The van der Waals surface area contributed by atoms with Gasteiger partial charge >= 0.3 is 0 Å². The second-order valence-electron chi connectivity index (χ2n) is 4.77. The number of aromatic nitrogens is 2. The molecule has 1 N–H and O–H groups in total. The molecule has 0 spiro atoms. The molecule has 0 bridgehead atoms. The lowest BCUT2D eigenvalue weighted by molar-refractivity contribution is -0.115. The van der Waals surface area contributed by atoms with E-state index in [1.807, 2.05) is 0 Å². The van der Waals surface area contributed by atoms with Crippen molar-refractivity contribution in [1.29, 1.82) is 0 Å². The van der Waals surface area contributed by atoms with Crippen molar-refractivity contribution in [2.24, 2.45) is 0 Å². The molecule has 3 aromatic rings. The monoisotopic (exact) mass is 315 g/mol. The van der Waals surface area contributed by atoms with E-state index < -0.39 is 11.6 Å². The van der Waals surface area contributed by atoms with Gasteiger partial charge in [0.1, 0.15) is 11.6 Å². The Labute approximate surface area is 130 Å². The molecule has 0 atom stereocenters. The van der Waals surface area contributed by atoms with Crippen LogP contribution in [0, 0.1) is 11.6 Å². The molecule has 0 saturated heterocycles. The number of halogens is 2. The fraction of sp³-hybridized carbons (Fsp3) is 0.0625. The van der Waals surface area contributed by atoms with Crippen molar-refractivity contribution < 1.29 is 18.1 Å². The van der Waals surface area contributed by atoms with Gasteiger partial charge in [0.25, 0.3) is 0 Å². The predicted octanol–water partition coefficient (Wildman–Crippen LogP) is 3.20. The van der Waals surface area contributed by atoms with Gasteiger partial charge in [-0.15, -0.1) is 0 Å². The lowest BCUT2D eigenvalue weighted by atomic mass is 10.1. The fourth-order valence-electron chi connectivity index (χ4n) is 2.02. The number of nitrogens with one attached hydrogen (secondary N) is 1. The minimum Gasteiger partial charge on any atom is -0.356 e. The number of amides is 1. The number of hydrogen-bond acceptors (Lipinski definition) is 4. The van der Waals surface area contributed by atoms with E-state index in [2.05, 4.69) is 15.5 Å². The highest BCUT2D eigenvalue weighted by Gasteiger charge is 2.14. The summed E-state index contributed by atoms with van der Waals surface area (Å²) < 4.78 is 31.6. The van der Waals surface area contributed by atoms with Crippen molar-refractivity contribution in [2.45, 2.75) is 6.42 Å². The number of carbonyl (C=O) groups excluding carboxylic acids is 1. The van der Waals surface area contributed by atoms with E-state index >= 15 is 0 Å². The summed E-state index contributed by atoms with van der Waals surface area (Å²) >= 11 is 0. The van der Waals surface area contributed by atoms with E-state index in [-0.39, 0.29) is 23.7 Å². The van der Waals surface area contributed by atoms with Crippen molar-refractivity contribution in [3.8, 4) is 11.3 Å². The normalized spacial score (nSPS) is 10.5. The molecule has 5 nitrogen and oxygen atoms in total. The van der Waals surface area contributed by atoms with Crippen LogP contribution in [-0.4, -0.2) is 16.0 Å². The lowest BCUT2D eigenvalue weighted by Gasteiger charge is -2.01. The maximum Gasteiger partial charge on any atom is 0.230 e. The Hall–Kier alpha value is -3.09. The van der Waals surface area contributed by atoms with Crippen LogP contribution in [0.5, 0.6) is 0 Å². The highest BCUT2D eigenvalue weighted by atomic mass is 19.1. The van der Waals surface area contributed by atoms with Crippen molar-refractivity contribution in [3.63, 3.8) is 0 Å². The summed E-state index contributed by atoms with van der Waals surface area (Å²) in [7, 11) is 0. The van der Waals surface area contributed by atoms with Gasteiger partial charge in [-0.2, -0.15) is 0 Å². The summed E-state index contributed by atoms with van der Waals surface area (Å²) in [5, 5.41) is 6.38. The van der Waals surface area contributed by atoms with E-state index in [1.54, 1.807) is 18.3 Å². The van der Waals surface area contributed by atoms with Gasteiger partial charge in [0.05, 0.1) is 29.6 Å². The zero-order chi connectivity index (χ0) is 16.2. The van der Waals surface area contributed by atoms with E-state index in [0.717, 1.165) is 12.1 Å². The first kappa shape index (κ1) is 14.8. The molecule has 0 radical (unpaired) electrons. The summed E-state index contributed by atoms with van der Waals surface area (Å²) in [6.45, 7) is 0. The molecule has 3 rings (SSSR count). The molecule has 0 aliphatic rings. The Morgan fingerprint density at radius 2 is 2.09 bits per heavy atom. The average molecular weight is 315 g/mol. The summed E-state index contributed by atoms with van der Waals surface area (Å²) in [4.78, 5) is 15.8. The molecule has 0 aliphatic carbocycles. The first-order valence-electron chi connectivity index (χ1n) is 6.73. The van der Waals surface area contributed by atoms with Gasteiger partial charge in [-0.3, -0.25) is 9.78 Å². The van der Waals surface area contributed by atoms with Crippen molar-refractivity contribution in [1.82, 2.24) is 10.1 Å². The van der Waals surface area contributed by atoms with E-state index in [1.165, 1.54) is 18.3 Å². The molecule has 1 amide bonds. The van der Waals surface area contributed by atoms with Crippen LogP contribution in [0.3, 0.4) is 0 Å². The first-order chi connectivity index (χ1) is 11.1. The molecule has 0 unspecified atom stereocenters. The highest BCUT2D eigenvalue weighted by Crippen LogP contribution is 2.24. The van der Waals surface area contributed by atoms with Gasteiger partial charge in [0.2, 0.25) is 5.91 Å². The first-order valence-corrected chi connectivity index (χ1v) is 6.73. The molecule has 1 aromatic carbocycles.